The summed E-state index contributed by atoms with van der Waals surface area (Å²) in [6, 6.07) is 5.60. The maximum atomic E-state index is 13.5. The Bertz CT molecular complexity index is 1330. The molecule has 0 spiro atoms. The Morgan fingerprint density at radius 2 is 1.92 bits per heavy atom. The highest BCUT2D eigenvalue weighted by molar-refractivity contribution is 7.90. The van der Waals surface area contributed by atoms with E-state index in [4.69, 9.17) is 10.7 Å². The molecule has 1 atom stereocenters. The van der Waals surface area contributed by atoms with Gasteiger partial charge in [0.25, 0.3) is 15.9 Å². The van der Waals surface area contributed by atoms with E-state index in [0.29, 0.717) is 29.5 Å². The smallest absolute Gasteiger partial charge is 0.328 e. The van der Waals surface area contributed by atoms with E-state index in [1.54, 1.807) is 0 Å². The van der Waals surface area contributed by atoms with Crippen LogP contribution in [0.5, 0.6) is 0 Å². The fourth-order valence-electron chi connectivity index (χ4n) is 4.55. The fraction of sp³-hybridized carbons (Fsp3) is 0.440. The molecule has 0 aliphatic carbocycles. The summed E-state index contributed by atoms with van der Waals surface area (Å²) >= 11 is 0. The van der Waals surface area contributed by atoms with Crippen LogP contribution in [0.1, 0.15) is 69.6 Å². The van der Waals surface area contributed by atoms with Gasteiger partial charge in [-0.2, -0.15) is 8.42 Å². The summed E-state index contributed by atoms with van der Waals surface area (Å²) in [7, 11) is -4.34. The first kappa shape index (κ1) is 27.1. The van der Waals surface area contributed by atoms with E-state index < -0.39 is 32.3 Å². The largest absolute Gasteiger partial charge is 0.478 e. The number of aromatic nitrogens is 2. The van der Waals surface area contributed by atoms with Crippen molar-refractivity contribution in [1.29, 1.82) is 0 Å². The summed E-state index contributed by atoms with van der Waals surface area (Å²) in [5.74, 6) is -1.40. The average molecular weight is 516 g/mol. The molecule has 0 bridgehead atoms. The number of rotatable bonds is 6. The molecule has 0 aromatic carbocycles. The summed E-state index contributed by atoms with van der Waals surface area (Å²) in [4.78, 5) is 35.4. The van der Waals surface area contributed by atoms with Gasteiger partial charge in [-0.15, -0.1) is 0 Å². The van der Waals surface area contributed by atoms with Crippen molar-refractivity contribution < 1.29 is 23.1 Å². The lowest BCUT2D eigenvalue weighted by Gasteiger charge is -2.35. The molecular weight excluding hydrogens is 482 g/mol. The Hall–Kier alpha value is -3.47. The first-order valence-corrected chi connectivity index (χ1v) is 13.0. The van der Waals surface area contributed by atoms with E-state index in [-0.39, 0.29) is 16.9 Å². The monoisotopic (exact) mass is 515 g/mol. The number of anilines is 2. The number of carboxylic acids is 1. The number of hydrogen-bond acceptors (Lipinski definition) is 8. The second-order valence-electron chi connectivity index (χ2n) is 10.8. The molecule has 2 aromatic rings. The number of nitrogen functional groups attached to an aromatic ring is 1. The standard InChI is InChI=1S/C25H33N5O5S/c1-15-13-25(5,6)30(14-15)22-17(12-16(10-11-20(31)32)21(28-22)24(2,3)4)23(33)29-36(34,35)19-9-7-8-18(26)27-19/h7-12,15H,13-14H2,1-6H3,(H2,26,27)(H,29,33)(H,31,32)/b11-10+/t15-/m0/s1. The molecule has 0 unspecified atom stereocenters. The third-order valence-electron chi connectivity index (χ3n) is 5.97. The maximum Gasteiger partial charge on any atom is 0.328 e. The van der Waals surface area contributed by atoms with Crippen LogP contribution in [-0.2, 0) is 20.2 Å². The lowest BCUT2D eigenvalue weighted by atomic mass is 9.87. The van der Waals surface area contributed by atoms with Crippen LogP contribution >= 0.6 is 0 Å². The molecule has 11 heteroatoms. The van der Waals surface area contributed by atoms with E-state index in [1.807, 2.05) is 39.5 Å². The molecule has 10 nitrogen and oxygen atoms in total. The minimum Gasteiger partial charge on any atom is -0.478 e. The molecular formula is C25H33N5O5S. The molecule has 3 rings (SSSR count). The minimum atomic E-state index is -4.34. The van der Waals surface area contributed by atoms with Crippen LogP contribution in [0.2, 0.25) is 0 Å². The zero-order valence-electron chi connectivity index (χ0n) is 21.4. The zero-order valence-corrected chi connectivity index (χ0v) is 22.2. The Balaban J connectivity index is 2.21. The van der Waals surface area contributed by atoms with Crippen LogP contribution in [0.25, 0.3) is 6.08 Å². The summed E-state index contributed by atoms with van der Waals surface area (Å²) in [6.45, 7) is 12.6. The minimum absolute atomic E-state index is 0.00360. The van der Waals surface area contributed by atoms with Gasteiger partial charge < -0.3 is 15.7 Å². The number of aliphatic carboxylic acids is 1. The first-order chi connectivity index (χ1) is 16.5. The summed E-state index contributed by atoms with van der Waals surface area (Å²) < 4.78 is 27.9. The van der Waals surface area contributed by atoms with E-state index in [0.717, 1.165) is 12.5 Å². The number of carbonyl (C=O) groups excluding carboxylic acids is 1. The van der Waals surface area contributed by atoms with Gasteiger partial charge in [0, 0.05) is 23.6 Å². The van der Waals surface area contributed by atoms with Crippen molar-refractivity contribution in [2.75, 3.05) is 17.2 Å². The Kier molecular flexibility index (Phi) is 7.18. The maximum absolute atomic E-state index is 13.5. The van der Waals surface area contributed by atoms with Crippen molar-refractivity contribution in [1.82, 2.24) is 14.7 Å². The summed E-state index contributed by atoms with van der Waals surface area (Å²) in [5, 5.41) is 8.79. The normalized spacial score (nSPS) is 17.9. The SMILES string of the molecule is C[C@@H]1CN(c2nc(C(C)(C)C)c(/C=C/C(=O)O)cc2C(=O)NS(=O)(=O)c2cccc(N)n2)C(C)(C)C1. The molecule has 194 valence electrons. The molecule has 1 aliphatic heterocycles. The lowest BCUT2D eigenvalue weighted by molar-refractivity contribution is -0.131. The molecule has 1 fully saturated rings. The highest BCUT2D eigenvalue weighted by Gasteiger charge is 2.40. The van der Waals surface area contributed by atoms with Gasteiger partial charge in [-0.1, -0.05) is 33.8 Å². The molecule has 0 saturated carbocycles. The lowest BCUT2D eigenvalue weighted by Crippen LogP contribution is -2.41. The zero-order chi connectivity index (χ0) is 27.1. The van der Waals surface area contributed by atoms with Gasteiger partial charge in [0.05, 0.1) is 11.3 Å². The average Bonchev–Trinajstić information content (AvgIpc) is 3.02. The van der Waals surface area contributed by atoms with Crippen LogP contribution in [-0.4, -0.2) is 47.5 Å². The van der Waals surface area contributed by atoms with Crippen molar-refractivity contribution in [3.05, 3.63) is 47.2 Å². The highest BCUT2D eigenvalue weighted by Crippen LogP contribution is 2.39. The number of nitrogens with zero attached hydrogens (tertiary/aromatic N) is 3. The van der Waals surface area contributed by atoms with Gasteiger partial charge in [-0.3, -0.25) is 4.79 Å². The van der Waals surface area contributed by atoms with Gasteiger partial charge in [0.1, 0.15) is 11.6 Å². The molecule has 3 heterocycles. The van der Waals surface area contributed by atoms with Crippen LogP contribution in [0.4, 0.5) is 11.6 Å². The van der Waals surface area contributed by atoms with Crippen molar-refractivity contribution in [3.63, 3.8) is 0 Å². The summed E-state index contributed by atoms with van der Waals surface area (Å²) in [6.07, 6.45) is 3.18. The van der Waals surface area contributed by atoms with E-state index in [2.05, 4.69) is 16.6 Å². The van der Waals surface area contributed by atoms with Gasteiger partial charge in [-0.25, -0.2) is 19.5 Å². The van der Waals surface area contributed by atoms with Crippen molar-refractivity contribution in [3.8, 4) is 0 Å². The topological polar surface area (TPSA) is 156 Å². The van der Waals surface area contributed by atoms with E-state index >= 15 is 0 Å². The second kappa shape index (κ2) is 9.53. The van der Waals surface area contributed by atoms with Gasteiger partial charge in [0.2, 0.25) is 0 Å². The van der Waals surface area contributed by atoms with Gasteiger partial charge in [0.15, 0.2) is 5.03 Å². The van der Waals surface area contributed by atoms with E-state index in [9.17, 15) is 23.1 Å². The highest BCUT2D eigenvalue weighted by atomic mass is 32.2. The number of hydrogen-bond donors (Lipinski definition) is 3. The number of nitrogens with one attached hydrogen (secondary N) is 1. The van der Waals surface area contributed by atoms with Gasteiger partial charge >= 0.3 is 5.97 Å². The Morgan fingerprint density at radius 1 is 1.25 bits per heavy atom. The fourth-order valence-corrected chi connectivity index (χ4v) is 5.49. The predicted molar refractivity (Wildman–Crippen MR) is 138 cm³/mol. The third kappa shape index (κ3) is 5.84. The van der Waals surface area contributed by atoms with Crippen LogP contribution in [0, 0.1) is 5.92 Å². The van der Waals surface area contributed by atoms with Crippen molar-refractivity contribution in [2.24, 2.45) is 5.92 Å². The number of amides is 1. The third-order valence-corrected chi connectivity index (χ3v) is 7.20. The number of sulfonamides is 1. The number of carboxylic acid groups (broad SMARTS) is 1. The Morgan fingerprint density at radius 3 is 2.44 bits per heavy atom. The summed E-state index contributed by atoms with van der Waals surface area (Å²) in [5.41, 5.74) is 5.79. The molecule has 1 saturated heterocycles. The van der Waals surface area contributed by atoms with Gasteiger partial charge in [-0.05, 0) is 56.0 Å². The van der Waals surface area contributed by atoms with Crippen molar-refractivity contribution >= 4 is 39.6 Å². The number of pyridine rings is 2. The number of carbonyl (C=O) groups is 2. The molecule has 4 N–H and O–H groups in total. The molecule has 2 aromatic heterocycles. The number of nitrogens with two attached hydrogens (primary N) is 1. The molecule has 0 radical (unpaired) electrons. The van der Waals surface area contributed by atoms with Crippen LogP contribution in [0.15, 0.2) is 35.4 Å². The van der Waals surface area contributed by atoms with E-state index in [1.165, 1.54) is 30.3 Å². The quantitative estimate of drug-likeness (QED) is 0.492. The first-order valence-electron chi connectivity index (χ1n) is 11.5. The molecule has 36 heavy (non-hydrogen) atoms. The Labute approximate surface area is 211 Å². The van der Waals surface area contributed by atoms with Crippen LogP contribution in [0.3, 0.4) is 0 Å². The van der Waals surface area contributed by atoms with Crippen LogP contribution < -0.4 is 15.4 Å². The molecule has 1 amide bonds. The second-order valence-corrected chi connectivity index (χ2v) is 12.4. The van der Waals surface area contributed by atoms with Crippen molar-refractivity contribution in [2.45, 2.75) is 63.9 Å². The predicted octanol–water partition coefficient (Wildman–Crippen LogP) is 3.20. The molecule has 1 aliphatic rings.